The van der Waals surface area contributed by atoms with Crippen LogP contribution in [0.5, 0.6) is 0 Å². The molecular formula is C15H27N3O. The molecule has 4 nitrogen and oxygen atoms in total. The molecule has 108 valence electrons. The van der Waals surface area contributed by atoms with Crippen molar-refractivity contribution in [3.05, 3.63) is 30.1 Å². The lowest BCUT2D eigenvalue weighted by Gasteiger charge is -2.28. The molecule has 1 unspecified atom stereocenters. The van der Waals surface area contributed by atoms with Crippen LogP contribution in [0.4, 0.5) is 0 Å². The van der Waals surface area contributed by atoms with E-state index in [2.05, 4.69) is 42.2 Å². The van der Waals surface area contributed by atoms with Crippen LogP contribution in [0.3, 0.4) is 0 Å². The maximum atomic E-state index is 5.31. The third-order valence-electron chi connectivity index (χ3n) is 3.19. The van der Waals surface area contributed by atoms with Crippen LogP contribution < -0.4 is 5.32 Å². The molecule has 4 heteroatoms. The molecule has 0 saturated heterocycles. The Hall–Kier alpha value is -0.970. The van der Waals surface area contributed by atoms with Crippen molar-refractivity contribution in [2.24, 2.45) is 0 Å². The highest BCUT2D eigenvalue weighted by Crippen LogP contribution is 2.01. The fourth-order valence-electron chi connectivity index (χ4n) is 1.93. The molecule has 0 bridgehead atoms. The summed E-state index contributed by atoms with van der Waals surface area (Å²) in [7, 11) is 3.91. The lowest BCUT2D eigenvalue weighted by atomic mass is 10.2. The zero-order chi connectivity index (χ0) is 14.1. The Kier molecular flexibility index (Phi) is 7.63. The van der Waals surface area contributed by atoms with E-state index in [4.69, 9.17) is 4.74 Å². The second kappa shape index (κ2) is 9.02. The van der Waals surface area contributed by atoms with E-state index in [-0.39, 0.29) is 0 Å². The van der Waals surface area contributed by atoms with Gasteiger partial charge >= 0.3 is 0 Å². The van der Waals surface area contributed by atoms with E-state index in [0.29, 0.717) is 12.1 Å². The molecule has 1 rings (SSSR count). The topological polar surface area (TPSA) is 37.4 Å². The van der Waals surface area contributed by atoms with Crippen LogP contribution in [0.2, 0.25) is 0 Å². The van der Waals surface area contributed by atoms with Crippen molar-refractivity contribution >= 4 is 0 Å². The van der Waals surface area contributed by atoms with Crippen molar-refractivity contribution in [3.63, 3.8) is 0 Å². The van der Waals surface area contributed by atoms with E-state index >= 15 is 0 Å². The summed E-state index contributed by atoms with van der Waals surface area (Å²) in [5, 5.41) is 3.47. The van der Waals surface area contributed by atoms with Gasteiger partial charge in [0.05, 0.1) is 6.61 Å². The number of hydrogen-bond donors (Lipinski definition) is 1. The number of nitrogens with zero attached hydrogens (tertiary/aromatic N) is 2. The fraction of sp³-hybridized carbons (Fsp3) is 0.667. The molecule has 0 aliphatic heterocycles. The van der Waals surface area contributed by atoms with Crippen LogP contribution in [-0.4, -0.2) is 55.8 Å². The lowest BCUT2D eigenvalue weighted by molar-refractivity contribution is 0.104. The van der Waals surface area contributed by atoms with Crippen molar-refractivity contribution < 1.29 is 4.74 Å². The molecule has 0 aliphatic rings. The standard InChI is InChI=1S/C15H27N3O/c1-13(2)17-11-15(12-19-4)18(3)10-8-14-7-5-6-9-16-14/h5-7,9,13,15,17H,8,10-12H2,1-4H3. The summed E-state index contributed by atoms with van der Waals surface area (Å²) in [6, 6.07) is 6.97. The Morgan fingerprint density at radius 1 is 1.37 bits per heavy atom. The summed E-state index contributed by atoms with van der Waals surface area (Å²) in [6.45, 7) is 7.02. The molecule has 1 atom stereocenters. The Labute approximate surface area is 117 Å². The minimum absolute atomic E-state index is 0.399. The molecule has 19 heavy (non-hydrogen) atoms. The van der Waals surface area contributed by atoms with Crippen LogP contribution in [-0.2, 0) is 11.2 Å². The molecule has 1 N–H and O–H groups in total. The quantitative estimate of drug-likeness (QED) is 0.735. The number of aromatic nitrogens is 1. The van der Waals surface area contributed by atoms with Crippen molar-refractivity contribution in [3.8, 4) is 0 Å². The van der Waals surface area contributed by atoms with E-state index in [1.54, 1.807) is 7.11 Å². The minimum Gasteiger partial charge on any atom is -0.383 e. The Bertz CT molecular complexity index is 329. The van der Waals surface area contributed by atoms with Gasteiger partial charge in [0.1, 0.15) is 0 Å². The molecule has 0 aliphatic carbocycles. The number of pyridine rings is 1. The first-order valence-electron chi connectivity index (χ1n) is 6.96. The summed E-state index contributed by atoms with van der Waals surface area (Å²) in [5.74, 6) is 0. The first-order chi connectivity index (χ1) is 9.13. The second-order valence-electron chi connectivity index (χ2n) is 5.22. The van der Waals surface area contributed by atoms with E-state index in [9.17, 15) is 0 Å². The van der Waals surface area contributed by atoms with Crippen molar-refractivity contribution in [1.82, 2.24) is 15.2 Å². The predicted octanol–water partition coefficient (Wildman–Crippen LogP) is 1.57. The molecule has 0 spiro atoms. The first-order valence-corrected chi connectivity index (χ1v) is 6.96. The van der Waals surface area contributed by atoms with Crippen molar-refractivity contribution in [2.45, 2.75) is 32.4 Å². The van der Waals surface area contributed by atoms with Gasteiger partial charge in [-0.05, 0) is 19.2 Å². The number of nitrogens with one attached hydrogen (secondary N) is 1. The monoisotopic (exact) mass is 265 g/mol. The highest BCUT2D eigenvalue weighted by molar-refractivity contribution is 5.03. The minimum atomic E-state index is 0.399. The van der Waals surface area contributed by atoms with Gasteiger partial charge < -0.3 is 10.1 Å². The van der Waals surface area contributed by atoms with Gasteiger partial charge in [-0.2, -0.15) is 0 Å². The number of hydrogen-bond acceptors (Lipinski definition) is 4. The summed E-state index contributed by atoms with van der Waals surface area (Å²) < 4.78 is 5.31. The maximum absolute atomic E-state index is 5.31. The normalized spacial score (nSPS) is 13.2. The molecular weight excluding hydrogens is 238 g/mol. The third-order valence-corrected chi connectivity index (χ3v) is 3.19. The largest absolute Gasteiger partial charge is 0.383 e. The Morgan fingerprint density at radius 3 is 2.74 bits per heavy atom. The first kappa shape index (κ1) is 16.1. The van der Waals surface area contributed by atoms with E-state index < -0.39 is 0 Å². The van der Waals surface area contributed by atoms with Gasteiger partial charge in [-0.15, -0.1) is 0 Å². The van der Waals surface area contributed by atoms with Gasteiger partial charge in [0.15, 0.2) is 0 Å². The Balaban J connectivity index is 2.40. The van der Waals surface area contributed by atoms with Gasteiger partial charge in [-0.3, -0.25) is 9.88 Å². The summed E-state index contributed by atoms with van der Waals surface area (Å²) in [5.41, 5.74) is 1.14. The second-order valence-corrected chi connectivity index (χ2v) is 5.22. The number of rotatable bonds is 9. The van der Waals surface area contributed by atoms with E-state index in [1.807, 2.05) is 18.3 Å². The molecule has 1 aromatic heterocycles. The average Bonchev–Trinajstić information content (AvgIpc) is 2.41. The zero-order valence-corrected chi connectivity index (χ0v) is 12.6. The highest BCUT2D eigenvalue weighted by Gasteiger charge is 2.14. The maximum Gasteiger partial charge on any atom is 0.0630 e. The van der Waals surface area contributed by atoms with Gasteiger partial charge in [0, 0.05) is 50.6 Å². The summed E-state index contributed by atoms with van der Waals surface area (Å²) in [6.07, 6.45) is 2.82. The van der Waals surface area contributed by atoms with E-state index in [0.717, 1.165) is 31.8 Å². The Morgan fingerprint density at radius 2 is 2.16 bits per heavy atom. The molecule has 1 aromatic rings. The zero-order valence-electron chi connectivity index (χ0n) is 12.6. The smallest absolute Gasteiger partial charge is 0.0630 e. The average molecular weight is 265 g/mol. The molecule has 0 amide bonds. The van der Waals surface area contributed by atoms with Gasteiger partial charge in [-0.1, -0.05) is 19.9 Å². The number of likely N-dealkylation sites (N-methyl/N-ethyl adjacent to an activating group) is 1. The fourth-order valence-corrected chi connectivity index (χ4v) is 1.93. The van der Waals surface area contributed by atoms with Gasteiger partial charge in [-0.25, -0.2) is 0 Å². The van der Waals surface area contributed by atoms with Crippen molar-refractivity contribution in [2.75, 3.05) is 33.9 Å². The lowest BCUT2D eigenvalue weighted by Crippen LogP contribution is -2.45. The molecule has 0 fully saturated rings. The summed E-state index contributed by atoms with van der Waals surface area (Å²) in [4.78, 5) is 6.70. The SMILES string of the molecule is COCC(CNC(C)C)N(C)CCc1ccccn1. The van der Waals surface area contributed by atoms with Crippen LogP contribution >= 0.6 is 0 Å². The van der Waals surface area contributed by atoms with Crippen LogP contribution in [0.15, 0.2) is 24.4 Å². The molecule has 0 saturated carbocycles. The van der Waals surface area contributed by atoms with Crippen LogP contribution in [0, 0.1) is 0 Å². The van der Waals surface area contributed by atoms with Gasteiger partial charge in [0.25, 0.3) is 0 Å². The molecule has 0 radical (unpaired) electrons. The highest BCUT2D eigenvalue weighted by atomic mass is 16.5. The van der Waals surface area contributed by atoms with Crippen LogP contribution in [0.1, 0.15) is 19.5 Å². The molecule has 1 heterocycles. The van der Waals surface area contributed by atoms with Gasteiger partial charge in [0.2, 0.25) is 0 Å². The number of methoxy groups -OCH3 is 1. The predicted molar refractivity (Wildman–Crippen MR) is 79.4 cm³/mol. The molecule has 0 aromatic carbocycles. The van der Waals surface area contributed by atoms with Crippen LogP contribution in [0.25, 0.3) is 0 Å². The van der Waals surface area contributed by atoms with Crippen molar-refractivity contribution in [1.29, 1.82) is 0 Å². The number of ether oxygens (including phenoxy) is 1. The van der Waals surface area contributed by atoms with E-state index in [1.165, 1.54) is 0 Å². The third kappa shape index (κ3) is 6.66. The summed E-state index contributed by atoms with van der Waals surface area (Å²) >= 11 is 0.